The van der Waals surface area contributed by atoms with Gasteiger partial charge in [0.25, 0.3) is 0 Å². The maximum absolute atomic E-state index is 5.26. The molecule has 1 heterocycles. The standard InChI is InChI=1S/C22H39N5O.HI/c1-5-23-22(24-14-8-9-15-25(6-2)7-3)27-18-16-26(17-19-27)20-10-12-21(28-4)13-11-20;/h10-13H,5-9,14-19H2,1-4H3,(H,23,24);1H. The van der Waals surface area contributed by atoms with Crippen LogP contribution >= 0.6 is 24.0 Å². The average Bonchev–Trinajstić information content (AvgIpc) is 2.76. The van der Waals surface area contributed by atoms with Crippen molar-refractivity contribution in [3.8, 4) is 5.75 Å². The molecule has 0 radical (unpaired) electrons. The number of methoxy groups -OCH3 is 1. The number of guanidine groups is 1. The zero-order valence-corrected chi connectivity index (χ0v) is 21.0. The molecule has 1 aliphatic heterocycles. The van der Waals surface area contributed by atoms with Gasteiger partial charge in [-0.05, 0) is 63.7 Å². The molecule has 1 saturated heterocycles. The van der Waals surface area contributed by atoms with Crippen molar-refractivity contribution in [1.29, 1.82) is 0 Å². The van der Waals surface area contributed by atoms with Crippen molar-refractivity contribution in [3.05, 3.63) is 24.3 Å². The van der Waals surface area contributed by atoms with E-state index in [9.17, 15) is 0 Å². The predicted molar refractivity (Wildman–Crippen MR) is 135 cm³/mol. The highest BCUT2D eigenvalue weighted by molar-refractivity contribution is 14.0. The van der Waals surface area contributed by atoms with Gasteiger partial charge in [-0.25, -0.2) is 0 Å². The fraction of sp³-hybridized carbons (Fsp3) is 0.682. The number of piperazine rings is 1. The molecule has 0 bridgehead atoms. The third-order valence-corrected chi connectivity index (χ3v) is 5.39. The number of hydrogen-bond acceptors (Lipinski definition) is 4. The third-order valence-electron chi connectivity index (χ3n) is 5.39. The summed E-state index contributed by atoms with van der Waals surface area (Å²) in [6, 6.07) is 8.35. The van der Waals surface area contributed by atoms with Gasteiger partial charge in [-0.15, -0.1) is 24.0 Å². The minimum atomic E-state index is 0. The summed E-state index contributed by atoms with van der Waals surface area (Å²) >= 11 is 0. The molecule has 0 aromatic heterocycles. The van der Waals surface area contributed by atoms with Gasteiger partial charge in [0.15, 0.2) is 5.96 Å². The summed E-state index contributed by atoms with van der Waals surface area (Å²) in [6.45, 7) is 15.9. The number of ether oxygens (including phenoxy) is 1. The maximum Gasteiger partial charge on any atom is 0.194 e. The van der Waals surface area contributed by atoms with Crippen LogP contribution < -0.4 is 15.0 Å². The molecule has 7 heteroatoms. The van der Waals surface area contributed by atoms with E-state index in [1.807, 2.05) is 12.1 Å². The Kier molecular flexibility index (Phi) is 13.1. The van der Waals surface area contributed by atoms with Crippen molar-refractivity contribution < 1.29 is 4.74 Å². The molecular formula is C22H40IN5O. The Morgan fingerprint density at radius 3 is 2.24 bits per heavy atom. The van der Waals surface area contributed by atoms with Crippen LogP contribution in [-0.2, 0) is 0 Å². The van der Waals surface area contributed by atoms with E-state index >= 15 is 0 Å². The van der Waals surface area contributed by atoms with Crippen molar-refractivity contribution in [1.82, 2.24) is 15.1 Å². The molecule has 2 rings (SSSR count). The Hall–Kier alpha value is -1.22. The lowest BCUT2D eigenvalue weighted by Crippen LogP contribution is -2.52. The van der Waals surface area contributed by atoms with E-state index in [2.05, 4.69) is 52.9 Å². The van der Waals surface area contributed by atoms with Crippen LogP contribution in [0.2, 0.25) is 0 Å². The molecule has 1 aromatic carbocycles. The zero-order chi connectivity index (χ0) is 20.2. The van der Waals surface area contributed by atoms with E-state index < -0.39 is 0 Å². The van der Waals surface area contributed by atoms with Crippen LogP contribution in [0.15, 0.2) is 29.3 Å². The Morgan fingerprint density at radius 2 is 1.69 bits per heavy atom. The third kappa shape index (κ3) is 8.58. The second-order valence-electron chi connectivity index (χ2n) is 7.14. The summed E-state index contributed by atoms with van der Waals surface area (Å²) in [4.78, 5) is 12.2. The first-order chi connectivity index (χ1) is 13.7. The topological polar surface area (TPSA) is 43.3 Å². The van der Waals surface area contributed by atoms with Crippen molar-refractivity contribution >= 4 is 35.6 Å². The quantitative estimate of drug-likeness (QED) is 0.223. The molecule has 0 unspecified atom stereocenters. The van der Waals surface area contributed by atoms with Gasteiger partial charge in [0.2, 0.25) is 0 Å². The molecule has 1 fully saturated rings. The lowest BCUT2D eigenvalue weighted by atomic mass is 10.2. The number of nitrogens with one attached hydrogen (secondary N) is 1. The Labute approximate surface area is 194 Å². The number of aliphatic imine (C=N–C) groups is 1. The first kappa shape index (κ1) is 25.8. The van der Waals surface area contributed by atoms with Gasteiger partial charge in [0.1, 0.15) is 5.75 Å². The lowest BCUT2D eigenvalue weighted by molar-refractivity contribution is 0.297. The molecule has 0 atom stereocenters. The number of anilines is 1. The highest BCUT2D eigenvalue weighted by Gasteiger charge is 2.19. The van der Waals surface area contributed by atoms with Gasteiger partial charge < -0.3 is 24.8 Å². The van der Waals surface area contributed by atoms with Gasteiger partial charge >= 0.3 is 0 Å². The van der Waals surface area contributed by atoms with Crippen LogP contribution in [0.3, 0.4) is 0 Å². The molecule has 1 N–H and O–H groups in total. The van der Waals surface area contributed by atoms with Crippen molar-refractivity contribution in [2.75, 3.05) is 70.9 Å². The van der Waals surface area contributed by atoms with E-state index in [1.165, 1.54) is 18.7 Å². The van der Waals surface area contributed by atoms with E-state index in [0.29, 0.717) is 0 Å². The molecule has 1 aromatic rings. The van der Waals surface area contributed by atoms with Gasteiger partial charge in [-0.2, -0.15) is 0 Å². The Balaban J connectivity index is 0.00000420. The predicted octanol–water partition coefficient (Wildman–Crippen LogP) is 3.52. The largest absolute Gasteiger partial charge is 0.497 e. The van der Waals surface area contributed by atoms with Crippen molar-refractivity contribution in [2.24, 2.45) is 4.99 Å². The van der Waals surface area contributed by atoms with Crippen LogP contribution in [0.4, 0.5) is 5.69 Å². The molecular weight excluding hydrogens is 477 g/mol. The van der Waals surface area contributed by atoms with Gasteiger partial charge in [-0.3, -0.25) is 4.99 Å². The number of benzene rings is 1. The monoisotopic (exact) mass is 517 g/mol. The van der Waals surface area contributed by atoms with E-state index in [-0.39, 0.29) is 24.0 Å². The minimum Gasteiger partial charge on any atom is -0.497 e. The summed E-state index contributed by atoms with van der Waals surface area (Å²) in [6.07, 6.45) is 2.37. The number of halogens is 1. The number of rotatable bonds is 10. The average molecular weight is 518 g/mol. The van der Waals surface area contributed by atoms with Crippen LogP contribution in [0.5, 0.6) is 5.75 Å². The summed E-state index contributed by atoms with van der Waals surface area (Å²) in [5.41, 5.74) is 1.26. The SMILES string of the molecule is CCNC(=NCCCCN(CC)CC)N1CCN(c2ccc(OC)cc2)CC1.I. The molecule has 166 valence electrons. The fourth-order valence-corrected chi connectivity index (χ4v) is 3.57. The summed E-state index contributed by atoms with van der Waals surface area (Å²) in [7, 11) is 1.71. The number of hydrogen-bond donors (Lipinski definition) is 1. The van der Waals surface area contributed by atoms with Crippen LogP contribution in [0.25, 0.3) is 0 Å². The second-order valence-corrected chi connectivity index (χ2v) is 7.14. The highest BCUT2D eigenvalue weighted by atomic mass is 127. The van der Waals surface area contributed by atoms with Crippen molar-refractivity contribution in [3.63, 3.8) is 0 Å². The van der Waals surface area contributed by atoms with Gasteiger partial charge in [-0.1, -0.05) is 13.8 Å². The van der Waals surface area contributed by atoms with Crippen LogP contribution in [0.1, 0.15) is 33.6 Å². The molecule has 0 aliphatic carbocycles. The molecule has 0 amide bonds. The van der Waals surface area contributed by atoms with E-state index in [0.717, 1.165) is 70.5 Å². The first-order valence-corrected chi connectivity index (χ1v) is 10.9. The van der Waals surface area contributed by atoms with Crippen molar-refractivity contribution in [2.45, 2.75) is 33.6 Å². The molecule has 0 saturated carbocycles. The Morgan fingerprint density at radius 1 is 1.03 bits per heavy atom. The van der Waals surface area contributed by atoms with Gasteiger partial charge in [0.05, 0.1) is 7.11 Å². The highest BCUT2D eigenvalue weighted by Crippen LogP contribution is 2.20. The summed E-state index contributed by atoms with van der Waals surface area (Å²) < 4.78 is 5.26. The molecule has 0 spiro atoms. The van der Waals surface area contributed by atoms with Gasteiger partial charge in [0, 0.05) is 45.0 Å². The number of unbranched alkanes of at least 4 members (excludes halogenated alkanes) is 1. The van der Waals surface area contributed by atoms with E-state index in [4.69, 9.17) is 9.73 Å². The first-order valence-electron chi connectivity index (χ1n) is 10.9. The molecule has 6 nitrogen and oxygen atoms in total. The second kappa shape index (κ2) is 14.7. The number of nitrogens with zero attached hydrogens (tertiary/aromatic N) is 4. The minimum absolute atomic E-state index is 0. The van der Waals surface area contributed by atoms with Crippen LogP contribution in [-0.4, -0.2) is 81.8 Å². The molecule has 1 aliphatic rings. The lowest BCUT2D eigenvalue weighted by Gasteiger charge is -2.37. The molecule has 29 heavy (non-hydrogen) atoms. The smallest absolute Gasteiger partial charge is 0.194 e. The normalized spacial score (nSPS) is 14.7. The zero-order valence-electron chi connectivity index (χ0n) is 18.7. The maximum atomic E-state index is 5.26. The Bertz CT molecular complexity index is 569. The fourth-order valence-electron chi connectivity index (χ4n) is 3.57. The summed E-state index contributed by atoms with van der Waals surface area (Å²) in [5.74, 6) is 1.98. The van der Waals surface area contributed by atoms with Crippen LogP contribution in [0, 0.1) is 0 Å². The summed E-state index contributed by atoms with van der Waals surface area (Å²) in [5, 5.41) is 3.47. The van der Waals surface area contributed by atoms with E-state index in [1.54, 1.807) is 7.11 Å².